The van der Waals surface area contributed by atoms with E-state index >= 15 is 0 Å². The SMILES string of the molecule is Cn1nc(CN)c(Br)c1-c1ccccc1F. The summed E-state index contributed by atoms with van der Waals surface area (Å²) in [4.78, 5) is 0. The highest BCUT2D eigenvalue weighted by molar-refractivity contribution is 9.10. The highest BCUT2D eigenvalue weighted by atomic mass is 79.9. The number of nitrogens with two attached hydrogens (primary N) is 1. The van der Waals surface area contributed by atoms with Gasteiger partial charge in [-0.05, 0) is 28.1 Å². The lowest BCUT2D eigenvalue weighted by atomic mass is 10.1. The molecule has 0 unspecified atom stereocenters. The van der Waals surface area contributed by atoms with Crippen LogP contribution in [0.15, 0.2) is 28.7 Å². The molecule has 3 nitrogen and oxygen atoms in total. The van der Waals surface area contributed by atoms with Crippen molar-refractivity contribution in [2.75, 3.05) is 0 Å². The van der Waals surface area contributed by atoms with Crippen molar-refractivity contribution in [3.05, 3.63) is 40.2 Å². The second kappa shape index (κ2) is 4.35. The molecule has 2 rings (SSSR count). The number of aromatic nitrogens is 2. The van der Waals surface area contributed by atoms with Gasteiger partial charge >= 0.3 is 0 Å². The minimum atomic E-state index is -0.269. The fourth-order valence-electron chi connectivity index (χ4n) is 1.63. The van der Waals surface area contributed by atoms with E-state index in [4.69, 9.17) is 5.73 Å². The Balaban J connectivity index is 2.65. The molecular formula is C11H11BrFN3. The van der Waals surface area contributed by atoms with E-state index in [0.717, 1.165) is 10.2 Å². The third-order valence-electron chi connectivity index (χ3n) is 2.38. The quantitative estimate of drug-likeness (QED) is 0.920. The molecule has 84 valence electrons. The van der Waals surface area contributed by atoms with Gasteiger partial charge in [0.15, 0.2) is 0 Å². The maximum atomic E-state index is 13.7. The van der Waals surface area contributed by atoms with Crippen LogP contribution < -0.4 is 5.73 Å². The van der Waals surface area contributed by atoms with Crippen molar-refractivity contribution in [1.82, 2.24) is 9.78 Å². The van der Waals surface area contributed by atoms with Gasteiger partial charge in [0.1, 0.15) is 5.82 Å². The van der Waals surface area contributed by atoms with Gasteiger partial charge in [-0.3, -0.25) is 4.68 Å². The van der Waals surface area contributed by atoms with E-state index in [1.54, 1.807) is 29.9 Å². The first-order valence-electron chi connectivity index (χ1n) is 4.81. The Labute approximate surface area is 101 Å². The highest BCUT2D eigenvalue weighted by Crippen LogP contribution is 2.31. The number of hydrogen-bond donors (Lipinski definition) is 1. The predicted octanol–water partition coefficient (Wildman–Crippen LogP) is 2.45. The third kappa shape index (κ3) is 1.76. The first-order chi connectivity index (χ1) is 7.65. The number of halogens is 2. The molecule has 0 atom stereocenters. The van der Waals surface area contributed by atoms with Crippen LogP contribution in [0.3, 0.4) is 0 Å². The second-order valence-electron chi connectivity index (χ2n) is 3.42. The Morgan fingerprint density at radius 1 is 1.44 bits per heavy atom. The van der Waals surface area contributed by atoms with Crippen LogP contribution in [-0.4, -0.2) is 9.78 Å². The molecule has 1 heterocycles. The number of nitrogens with zero attached hydrogens (tertiary/aromatic N) is 2. The van der Waals surface area contributed by atoms with Gasteiger partial charge in [0, 0.05) is 19.2 Å². The normalized spacial score (nSPS) is 10.8. The van der Waals surface area contributed by atoms with E-state index in [2.05, 4.69) is 21.0 Å². The molecule has 16 heavy (non-hydrogen) atoms. The molecule has 1 aromatic heterocycles. The predicted molar refractivity (Wildman–Crippen MR) is 64.2 cm³/mol. The van der Waals surface area contributed by atoms with Crippen molar-refractivity contribution in [3.8, 4) is 11.3 Å². The van der Waals surface area contributed by atoms with Gasteiger partial charge in [0.25, 0.3) is 0 Å². The molecule has 0 saturated heterocycles. The first-order valence-corrected chi connectivity index (χ1v) is 5.60. The van der Waals surface area contributed by atoms with Crippen molar-refractivity contribution < 1.29 is 4.39 Å². The Morgan fingerprint density at radius 3 is 2.69 bits per heavy atom. The van der Waals surface area contributed by atoms with E-state index in [1.165, 1.54) is 6.07 Å². The Morgan fingerprint density at radius 2 is 2.12 bits per heavy atom. The van der Waals surface area contributed by atoms with Crippen molar-refractivity contribution in [2.45, 2.75) is 6.54 Å². The minimum absolute atomic E-state index is 0.269. The summed E-state index contributed by atoms with van der Waals surface area (Å²) in [7, 11) is 1.77. The van der Waals surface area contributed by atoms with Gasteiger partial charge in [-0.15, -0.1) is 0 Å². The zero-order valence-electron chi connectivity index (χ0n) is 8.74. The van der Waals surface area contributed by atoms with Gasteiger partial charge < -0.3 is 5.73 Å². The summed E-state index contributed by atoms with van der Waals surface area (Å²) in [6.07, 6.45) is 0. The zero-order valence-corrected chi connectivity index (χ0v) is 10.3. The molecule has 2 aromatic rings. The Hall–Kier alpha value is -1.20. The fourth-order valence-corrected chi connectivity index (χ4v) is 2.34. The number of hydrogen-bond acceptors (Lipinski definition) is 2. The van der Waals surface area contributed by atoms with Crippen molar-refractivity contribution in [1.29, 1.82) is 0 Å². The van der Waals surface area contributed by atoms with Crippen molar-refractivity contribution in [2.24, 2.45) is 12.8 Å². The lowest BCUT2D eigenvalue weighted by Crippen LogP contribution is -1.99. The van der Waals surface area contributed by atoms with Crippen LogP contribution in [-0.2, 0) is 13.6 Å². The highest BCUT2D eigenvalue weighted by Gasteiger charge is 2.16. The van der Waals surface area contributed by atoms with Crippen molar-refractivity contribution in [3.63, 3.8) is 0 Å². The summed E-state index contributed by atoms with van der Waals surface area (Å²) >= 11 is 3.40. The van der Waals surface area contributed by atoms with Crippen LogP contribution in [0.1, 0.15) is 5.69 Å². The Kier molecular flexibility index (Phi) is 3.07. The van der Waals surface area contributed by atoms with Gasteiger partial charge in [-0.25, -0.2) is 4.39 Å². The number of rotatable bonds is 2. The molecule has 0 amide bonds. The van der Waals surface area contributed by atoms with E-state index < -0.39 is 0 Å². The average molecular weight is 284 g/mol. The van der Waals surface area contributed by atoms with Crippen LogP contribution in [0.5, 0.6) is 0 Å². The molecule has 0 aliphatic rings. The molecule has 5 heteroatoms. The van der Waals surface area contributed by atoms with Gasteiger partial charge in [0.2, 0.25) is 0 Å². The first kappa shape index (κ1) is 11.3. The minimum Gasteiger partial charge on any atom is -0.325 e. The number of aryl methyl sites for hydroxylation is 1. The molecule has 0 saturated carbocycles. The van der Waals surface area contributed by atoms with Crippen LogP contribution in [0.25, 0.3) is 11.3 Å². The summed E-state index contributed by atoms with van der Waals surface area (Å²) < 4.78 is 16.0. The van der Waals surface area contributed by atoms with Crippen LogP contribution in [0.2, 0.25) is 0 Å². The summed E-state index contributed by atoms with van der Waals surface area (Å²) in [6, 6.07) is 6.60. The van der Waals surface area contributed by atoms with Crippen LogP contribution >= 0.6 is 15.9 Å². The maximum Gasteiger partial charge on any atom is 0.132 e. The van der Waals surface area contributed by atoms with Gasteiger partial charge in [-0.1, -0.05) is 12.1 Å². The lowest BCUT2D eigenvalue weighted by molar-refractivity contribution is 0.627. The van der Waals surface area contributed by atoms with E-state index in [1.807, 2.05) is 0 Å². The molecule has 0 bridgehead atoms. The number of benzene rings is 1. The maximum absolute atomic E-state index is 13.7. The standard InChI is InChI=1S/C11H11BrFN3/c1-16-11(10(12)9(6-14)15-16)7-4-2-3-5-8(7)13/h2-5H,6,14H2,1H3. The second-order valence-corrected chi connectivity index (χ2v) is 4.21. The molecule has 0 spiro atoms. The Bertz CT molecular complexity index is 522. The molecule has 2 N–H and O–H groups in total. The van der Waals surface area contributed by atoms with E-state index in [-0.39, 0.29) is 5.82 Å². The summed E-state index contributed by atoms with van der Waals surface area (Å²) in [5.41, 5.74) is 7.50. The third-order valence-corrected chi connectivity index (χ3v) is 3.21. The summed E-state index contributed by atoms with van der Waals surface area (Å²) in [5.74, 6) is -0.269. The fraction of sp³-hybridized carbons (Fsp3) is 0.182. The largest absolute Gasteiger partial charge is 0.325 e. The summed E-state index contributed by atoms with van der Waals surface area (Å²) in [5, 5.41) is 4.22. The van der Waals surface area contributed by atoms with Gasteiger partial charge in [0.05, 0.1) is 15.9 Å². The molecule has 0 aliphatic heterocycles. The average Bonchev–Trinajstić information content (AvgIpc) is 2.55. The smallest absolute Gasteiger partial charge is 0.132 e. The lowest BCUT2D eigenvalue weighted by Gasteiger charge is -2.04. The van der Waals surface area contributed by atoms with Crippen LogP contribution in [0, 0.1) is 5.82 Å². The molecule has 0 fully saturated rings. The van der Waals surface area contributed by atoms with E-state index in [0.29, 0.717) is 17.8 Å². The zero-order chi connectivity index (χ0) is 11.7. The van der Waals surface area contributed by atoms with E-state index in [9.17, 15) is 4.39 Å². The molecular weight excluding hydrogens is 273 g/mol. The monoisotopic (exact) mass is 283 g/mol. The molecule has 1 aromatic carbocycles. The summed E-state index contributed by atoms with van der Waals surface area (Å²) in [6.45, 7) is 0.322. The van der Waals surface area contributed by atoms with Gasteiger partial charge in [-0.2, -0.15) is 5.10 Å². The van der Waals surface area contributed by atoms with Crippen molar-refractivity contribution >= 4 is 15.9 Å². The molecule has 0 aliphatic carbocycles. The molecule has 0 radical (unpaired) electrons. The van der Waals surface area contributed by atoms with Crippen LogP contribution in [0.4, 0.5) is 4.39 Å². The topological polar surface area (TPSA) is 43.8 Å².